The number of carbonyl (C=O) groups excluding carboxylic acids is 1. The molecule has 2 amide bonds. The largest absolute Gasteiger partial charge is 0.493 e. The van der Waals surface area contributed by atoms with E-state index in [1.807, 2.05) is 50.2 Å². The zero-order valence-corrected chi connectivity index (χ0v) is 15.7. The summed E-state index contributed by atoms with van der Waals surface area (Å²) in [6.07, 6.45) is 0.687. The van der Waals surface area contributed by atoms with E-state index >= 15 is 0 Å². The zero-order valence-electron chi connectivity index (χ0n) is 15.7. The third kappa shape index (κ3) is 5.05. The molecule has 2 rings (SSSR count). The highest BCUT2D eigenvalue weighted by Gasteiger charge is 2.10. The van der Waals surface area contributed by atoms with Crippen molar-refractivity contribution in [1.82, 2.24) is 5.32 Å². The predicted octanol–water partition coefficient (Wildman–Crippen LogP) is 3.78. The number of para-hydroxylation sites is 2. The van der Waals surface area contributed by atoms with Gasteiger partial charge in [0.25, 0.3) is 0 Å². The average Bonchev–Trinajstić information content (AvgIpc) is 2.64. The van der Waals surface area contributed by atoms with Crippen LogP contribution in [0.2, 0.25) is 0 Å². The van der Waals surface area contributed by atoms with Gasteiger partial charge in [0.1, 0.15) is 5.75 Å². The average molecular weight is 358 g/mol. The van der Waals surface area contributed by atoms with Crippen LogP contribution in [0.4, 0.5) is 10.5 Å². The number of rotatable bonds is 8. The predicted molar refractivity (Wildman–Crippen MR) is 103 cm³/mol. The molecule has 140 valence electrons. The fourth-order valence-electron chi connectivity index (χ4n) is 2.62. The van der Waals surface area contributed by atoms with E-state index in [-0.39, 0.29) is 6.03 Å². The Kier molecular flexibility index (Phi) is 7.14. The molecule has 26 heavy (non-hydrogen) atoms. The number of methoxy groups -OCH3 is 2. The van der Waals surface area contributed by atoms with Gasteiger partial charge in [0.05, 0.1) is 26.5 Å². The molecular weight excluding hydrogens is 332 g/mol. The van der Waals surface area contributed by atoms with Crippen molar-refractivity contribution < 1.29 is 19.0 Å². The number of ether oxygens (including phenoxy) is 3. The summed E-state index contributed by atoms with van der Waals surface area (Å²) < 4.78 is 16.1. The summed E-state index contributed by atoms with van der Waals surface area (Å²) in [6.45, 7) is 4.95. The monoisotopic (exact) mass is 358 g/mol. The molecule has 6 heteroatoms. The number of amides is 2. The summed E-state index contributed by atoms with van der Waals surface area (Å²) in [5.41, 5.74) is 2.83. The smallest absolute Gasteiger partial charge is 0.319 e. The number of hydrogen-bond donors (Lipinski definition) is 2. The molecule has 0 atom stereocenters. The topological polar surface area (TPSA) is 68.8 Å². The molecular formula is C20H26N2O4. The number of aryl methyl sites for hydroxylation is 1. The number of nitrogens with one attached hydrogen (secondary N) is 2. The molecule has 0 saturated heterocycles. The van der Waals surface area contributed by atoms with Crippen LogP contribution in [-0.4, -0.2) is 33.4 Å². The van der Waals surface area contributed by atoms with Crippen molar-refractivity contribution >= 4 is 11.7 Å². The van der Waals surface area contributed by atoms with Crippen molar-refractivity contribution in [2.24, 2.45) is 0 Å². The van der Waals surface area contributed by atoms with Gasteiger partial charge >= 0.3 is 6.03 Å². The second-order valence-electron chi connectivity index (χ2n) is 5.69. The molecule has 0 fully saturated rings. The maximum Gasteiger partial charge on any atom is 0.319 e. The quantitative estimate of drug-likeness (QED) is 0.754. The summed E-state index contributed by atoms with van der Waals surface area (Å²) in [5, 5.41) is 5.68. The lowest BCUT2D eigenvalue weighted by molar-refractivity contribution is 0.252. The van der Waals surface area contributed by atoms with Crippen molar-refractivity contribution in [1.29, 1.82) is 0 Å². The molecule has 0 saturated carbocycles. The Bertz CT molecular complexity index is 747. The molecule has 0 radical (unpaired) electrons. The van der Waals surface area contributed by atoms with Crippen LogP contribution in [0.25, 0.3) is 0 Å². The van der Waals surface area contributed by atoms with Crippen LogP contribution in [0.5, 0.6) is 17.2 Å². The van der Waals surface area contributed by atoms with Crippen LogP contribution < -0.4 is 24.8 Å². The van der Waals surface area contributed by atoms with Crippen molar-refractivity contribution in [2.45, 2.75) is 20.3 Å². The Balaban J connectivity index is 1.93. The van der Waals surface area contributed by atoms with Gasteiger partial charge in [-0.05, 0) is 55.7 Å². The van der Waals surface area contributed by atoms with Gasteiger partial charge in [-0.2, -0.15) is 0 Å². The van der Waals surface area contributed by atoms with Crippen LogP contribution in [0.3, 0.4) is 0 Å². The molecule has 2 aromatic rings. The molecule has 0 bridgehead atoms. The first kappa shape index (κ1) is 19.4. The standard InChI is InChI=1S/C20H26N2O4/c1-5-26-17-9-7-6-8-16(17)22-20(23)21-11-10-15-13-19(25-4)18(24-3)12-14(15)2/h6-9,12-13H,5,10-11H2,1-4H3,(H2,21,22,23). The first-order chi connectivity index (χ1) is 12.6. The van der Waals surface area contributed by atoms with E-state index in [0.717, 1.165) is 11.1 Å². The molecule has 0 aromatic heterocycles. The highest BCUT2D eigenvalue weighted by atomic mass is 16.5. The highest BCUT2D eigenvalue weighted by molar-refractivity contribution is 5.90. The van der Waals surface area contributed by atoms with Gasteiger partial charge in [0, 0.05) is 6.54 Å². The second-order valence-corrected chi connectivity index (χ2v) is 5.69. The van der Waals surface area contributed by atoms with Gasteiger partial charge in [-0.15, -0.1) is 0 Å². The van der Waals surface area contributed by atoms with Crippen molar-refractivity contribution in [3.63, 3.8) is 0 Å². The van der Waals surface area contributed by atoms with E-state index in [4.69, 9.17) is 14.2 Å². The third-order valence-corrected chi connectivity index (χ3v) is 3.96. The van der Waals surface area contributed by atoms with Crippen LogP contribution in [-0.2, 0) is 6.42 Å². The number of hydrogen-bond acceptors (Lipinski definition) is 4. The highest BCUT2D eigenvalue weighted by Crippen LogP contribution is 2.30. The van der Waals surface area contributed by atoms with Crippen LogP contribution in [0, 0.1) is 6.92 Å². The lowest BCUT2D eigenvalue weighted by Gasteiger charge is -2.14. The summed E-state index contributed by atoms with van der Waals surface area (Å²) in [6, 6.07) is 11.0. The molecule has 2 aromatic carbocycles. The fraction of sp³-hybridized carbons (Fsp3) is 0.350. The van der Waals surface area contributed by atoms with Gasteiger partial charge in [-0.25, -0.2) is 4.79 Å². The maximum atomic E-state index is 12.1. The number of benzene rings is 2. The second kappa shape index (κ2) is 9.56. The molecule has 0 spiro atoms. The normalized spacial score (nSPS) is 10.2. The third-order valence-electron chi connectivity index (χ3n) is 3.96. The van der Waals surface area contributed by atoms with Gasteiger partial charge in [0.15, 0.2) is 11.5 Å². The Morgan fingerprint density at radius 2 is 1.73 bits per heavy atom. The molecule has 0 heterocycles. The van der Waals surface area contributed by atoms with Crippen molar-refractivity contribution in [3.05, 3.63) is 47.5 Å². The summed E-state index contributed by atoms with van der Waals surface area (Å²) >= 11 is 0. The van der Waals surface area contributed by atoms with Crippen molar-refractivity contribution in [3.8, 4) is 17.2 Å². The van der Waals surface area contributed by atoms with Gasteiger partial charge in [0.2, 0.25) is 0 Å². The van der Waals surface area contributed by atoms with Gasteiger partial charge in [-0.3, -0.25) is 0 Å². The lowest BCUT2D eigenvalue weighted by Crippen LogP contribution is -2.30. The van der Waals surface area contributed by atoms with Crippen LogP contribution in [0.15, 0.2) is 36.4 Å². The first-order valence-corrected chi connectivity index (χ1v) is 8.57. The van der Waals surface area contributed by atoms with Gasteiger partial charge < -0.3 is 24.8 Å². The van der Waals surface area contributed by atoms with E-state index in [0.29, 0.717) is 42.5 Å². The van der Waals surface area contributed by atoms with E-state index in [9.17, 15) is 4.79 Å². The summed E-state index contributed by atoms with van der Waals surface area (Å²) in [5.74, 6) is 2.04. The molecule has 2 N–H and O–H groups in total. The lowest BCUT2D eigenvalue weighted by atomic mass is 10.0. The Morgan fingerprint density at radius 1 is 1.04 bits per heavy atom. The summed E-state index contributed by atoms with van der Waals surface area (Å²) in [4.78, 5) is 12.1. The minimum Gasteiger partial charge on any atom is -0.493 e. The molecule has 0 unspecified atom stereocenters. The Morgan fingerprint density at radius 3 is 2.42 bits per heavy atom. The van der Waals surface area contributed by atoms with E-state index in [2.05, 4.69) is 10.6 Å². The van der Waals surface area contributed by atoms with Gasteiger partial charge in [-0.1, -0.05) is 12.1 Å². The summed E-state index contributed by atoms with van der Waals surface area (Å²) in [7, 11) is 3.22. The Hall–Kier alpha value is -2.89. The Labute approximate surface area is 154 Å². The van der Waals surface area contributed by atoms with E-state index in [1.54, 1.807) is 14.2 Å². The molecule has 0 aliphatic rings. The first-order valence-electron chi connectivity index (χ1n) is 8.57. The zero-order chi connectivity index (χ0) is 18.9. The van der Waals surface area contributed by atoms with E-state index < -0.39 is 0 Å². The van der Waals surface area contributed by atoms with Crippen molar-refractivity contribution in [2.75, 3.05) is 32.7 Å². The number of carbonyl (C=O) groups is 1. The number of urea groups is 1. The number of anilines is 1. The maximum absolute atomic E-state index is 12.1. The minimum absolute atomic E-state index is 0.268. The van der Waals surface area contributed by atoms with E-state index in [1.165, 1.54) is 0 Å². The minimum atomic E-state index is -0.268. The SMILES string of the molecule is CCOc1ccccc1NC(=O)NCCc1cc(OC)c(OC)cc1C. The van der Waals surface area contributed by atoms with Crippen LogP contribution in [0.1, 0.15) is 18.1 Å². The molecule has 6 nitrogen and oxygen atoms in total. The van der Waals surface area contributed by atoms with Crippen LogP contribution >= 0.6 is 0 Å². The molecule has 0 aliphatic carbocycles. The molecule has 0 aliphatic heterocycles. The fourth-order valence-corrected chi connectivity index (χ4v) is 2.62.